The molecule has 0 unspecified atom stereocenters. The molecular formula is C20H17N3O3S. The Morgan fingerprint density at radius 2 is 1.78 bits per heavy atom. The number of aromatic nitrogens is 2. The molecule has 0 aliphatic rings. The van der Waals surface area contributed by atoms with Gasteiger partial charge < -0.3 is 14.8 Å². The zero-order chi connectivity index (χ0) is 18.8. The number of thiazole rings is 1. The van der Waals surface area contributed by atoms with Crippen molar-refractivity contribution in [2.24, 2.45) is 0 Å². The summed E-state index contributed by atoms with van der Waals surface area (Å²) in [5.41, 5.74) is 2.92. The number of benzene rings is 2. The summed E-state index contributed by atoms with van der Waals surface area (Å²) in [5, 5.41) is 4.88. The maximum Gasteiger partial charge on any atom is 0.263 e. The Hall–Kier alpha value is -3.32. The van der Waals surface area contributed by atoms with Gasteiger partial charge in [0.1, 0.15) is 17.1 Å². The van der Waals surface area contributed by atoms with Crippen LogP contribution in [-0.2, 0) is 0 Å². The van der Waals surface area contributed by atoms with E-state index in [0.29, 0.717) is 22.7 Å². The molecule has 6 nitrogen and oxygen atoms in total. The van der Waals surface area contributed by atoms with Crippen LogP contribution in [0.25, 0.3) is 16.2 Å². The topological polar surface area (TPSA) is 64.9 Å². The fourth-order valence-corrected chi connectivity index (χ4v) is 3.56. The van der Waals surface area contributed by atoms with Crippen molar-refractivity contribution in [3.63, 3.8) is 0 Å². The normalized spacial score (nSPS) is 10.7. The molecule has 0 atom stereocenters. The van der Waals surface area contributed by atoms with E-state index in [1.807, 2.05) is 46.4 Å². The first-order valence-electron chi connectivity index (χ1n) is 8.24. The Kier molecular flexibility index (Phi) is 4.52. The van der Waals surface area contributed by atoms with Crippen LogP contribution in [-0.4, -0.2) is 29.5 Å². The minimum absolute atomic E-state index is 0.292. The van der Waals surface area contributed by atoms with Gasteiger partial charge in [0.25, 0.3) is 5.91 Å². The Bertz CT molecular complexity index is 1050. The third-order valence-corrected chi connectivity index (χ3v) is 4.96. The van der Waals surface area contributed by atoms with Crippen LogP contribution >= 0.6 is 11.3 Å². The number of rotatable bonds is 5. The highest BCUT2D eigenvalue weighted by Crippen LogP contribution is 2.29. The van der Waals surface area contributed by atoms with Gasteiger partial charge in [0.05, 0.1) is 19.9 Å². The number of anilines is 1. The van der Waals surface area contributed by atoms with Crippen LogP contribution in [0.3, 0.4) is 0 Å². The summed E-state index contributed by atoms with van der Waals surface area (Å²) >= 11 is 1.59. The molecule has 2 aromatic carbocycles. The third kappa shape index (κ3) is 3.24. The van der Waals surface area contributed by atoms with E-state index < -0.39 is 0 Å². The molecule has 7 heteroatoms. The number of ether oxygens (including phenoxy) is 2. The van der Waals surface area contributed by atoms with E-state index in [1.54, 1.807) is 29.5 Å². The second kappa shape index (κ2) is 7.13. The number of carbonyl (C=O) groups excluding carboxylic acids is 1. The molecule has 0 radical (unpaired) electrons. The summed E-state index contributed by atoms with van der Waals surface area (Å²) in [6.45, 7) is 0. The monoisotopic (exact) mass is 379 g/mol. The summed E-state index contributed by atoms with van der Waals surface area (Å²) in [7, 11) is 3.05. The molecule has 2 aromatic heterocycles. The van der Waals surface area contributed by atoms with Crippen LogP contribution in [0.2, 0.25) is 0 Å². The molecule has 27 heavy (non-hydrogen) atoms. The smallest absolute Gasteiger partial charge is 0.263 e. The van der Waals surface area contributed by atoms with E-state index in [0.717, 1.165) is 16.2 Å². The highest BCUT2D eigenvalue weighted by atomic mass is 32.1. The van der Waals surface area contributed by atoms with Gasteiger partial charge >= 0.3 is 0 Å². The predicted octanol–water partition coefficient (Wildman–Crippen LogP) is 4.33. The molecule has 2 heterocycles. The highest BCUT2D eigenvalue weighted by molar-refractivity contribution is 7.15. The van der Waals surface area contributed by atoms with Gasteiger partial charge in [-0.25, -0.2) is 4.98 Å². The third-order valence-electron chi connectivity index (χ3n) is 4.19. The molecule has 0 fully saturated rings. The van der Waals surface area contributed by atoms with E-state index in [9.17, 15) is 4.79 Å². The van der Waals surface area contributed by atoms with Crippen LogP contribution in [0.1, 0.15) is 10.4 Å². The Balaban J connectivity index is 1.57. The van der Waals surface area contributed by atoms with E-state index in [4.69, 9.17) is 9.47 Å². The molecule has 1 N–H and O–H groups in total. The van der Waals surface area contributed by atoms with E-state index >= 15 is 0 Å². The second-order valence-corrected chi connectivity index (χ2v) is 6.66. The number of hydrogen-bond donors (Lipinski definition) is 1. The largest absolute Gasteiger partial charge is 0.496 e. The lowest BCUT2D eigenvalue weighted by Gasteiger charge is -2.13. The van der Waals surface area contributed by atoms with Crippen LogP contribution in [0, 0.1) is 0 Å². The SMILES string of the molecule is COc1cccc(OC)c1C(=O)Nc1ccc(-c2cn3ccsc3n2)cc1. The van der Waals surface area contributed by atoms with E-state index in [1.165, 1.54) is 14.2 Å². The Morgan fingerprint density at radius 3 is 2.41 bits per heavy atom. The van der Waals surface area contributed by atoms with Crippen LogP contribution < -0.4 is 14.8 Å². The van der Waals surface area contributed by atoms with Crippen LogP contribution in [0.4, 0.5) is 5.69 Å². The molecule has 0 aliphatic heterocycles. The van der Waals surface area contributed by atoms with Gasteiger partial charge in [-0.15, -0.1) is 11.3 Å². The van der Waals surface area contributed by atoms with Crippen molar-refractivity contribution in [2.75, 3.05) is 19.5 Å². The summed E-state index contributed by atoms with van der Waals surface area (Å²) in [4.78, 5) is 18.3. The van der Waals surface area contributed by atoms with Crippen molar-refractivity contribution >= 4 is 27.9 Å². The molecule has 1 amide bonds. The number of methoxy groups -OCH3 is 2. The minimum atomic E-state index is -0.292. The van der Waals surface area contributed by atoms with Crippen LogP contribution in [0.15, 0.2) is 60.2 Å². The molecular weight excluding hydrogens is 362 g/mol. The van der Waals surface area contributed by atoms with Crippen LogP contribution in [0.5, 0.6) is 11.5 Å². The fourth-order valence-electron chi connectivity index (χ4n) is 2.86. The highest BCUT2D eigenvalue weighted by Gasteiger charge is 2.18. The standard InChI is InChI=1S/C20H17N3O3S/c1-25-16-4-3-5-17(26-2)18(16)19(24)21-14-8-6-13(7-9-14)15-12-23-10-11-27-20(23)22-15/h3-12H,1-2H3,(H,21,24). The summed E-state index contributed by atoms with van der Waals surface area (Å²) < 4.78 is 12.6. The van der Waals surface area contributed by atoms with E-state index in [2.05, 4.69) is 10.3 Å². The van der Waals surface area contributed by atoms with E-state index in [-0.39, 0.29) is 5.91 Å². The molecule has 0 saturated carbocycles. The van der Waals surface area contributed by atoms with Crippen molar-refractivity contribution in [3.05, 3.63) is 65.8 Å². The Labute approximate surface area is 160 Å². The zero-order valence-corrected chi connectivity index (χ0v) is 15.6. The first-order chi connectivity index (χ1) is 13.2. The number of nitrogens with one attached hydrogen (secondary N) is 1. The van der Waals surface area contributed by atoms with Crippen molar-refractivity contribution in [1.82, 2.24) is 9.38 Å². The summed E-state index contributed by atoms with van der Waals surface area (Å²) in [5.74, 6) is 0.627. The molecule has 0 saturated heterocycles. The van der Waals surface area contributed by atoms with Crippen molar-refractivity contribution in [1.29, 1.82) is 0 Å². The van der Waals surface area contributed by atoms with Crippen molar-refractivity contribution in [2.45, 2.75) is 0 Å². The number of fused-ring (bicyclic) bond motifs is 1. The number of imidazole rings is 1. The minimum Gasteiger partial charge on any atom is -0.496 e. The number of amides is 1. The van der Waals surface area contributed by atoms with Gasteiger partial charge in [-0.1, -0.05) is 18.2 Å². The lowest BCUT2D eigenvalue weighted by atomic mass is 10.1. The lowest BCUT2D eigenvalue weighted by molar-refractivity contribution is 0.102. The lowest BCUT2D eigenvalue weighted by Crippen LogP contribution is -2.14. The second-order valence-electron chi connectivity index (χ2n) is 5.79. The van der Waals surface area contributed by atoms with Gasteiger partial charge in [-0.2, -0.15) is 0 Å². The van der Waals surface area contributed by atoms with Gasteiger partial charge in [0.15, 0.2) is 4.96 Å². The average molecular weight is 379 g/mol. The summed E-state index contributed by atoms with van der Waals surface area (Å²) in [6, 6.07) is 12.8. The van der Waals surface area contributed by atoms with Gasteiger partial charge in [-0.05, 0) is 24.3 Å². The fraction of sp³-hybridized carbons (Fsp3) is 0.100. The molecule has 0 aliphatic carbocycles. The molecule has 0 spiro atoms. The number of carbonyl (C=O) groups is 1. The van der Waals surface area contributed by atoms with Gasteiger partial charge in [-0.3, -0.25) is 9.20 Å². The molecule has 0 bridgehead atoms. The predicted molar refractivity (Wildman–Crippen MR) is 106 cm³/mol. The van der Waals surface area contributed by atoms with Gasteiger partial charge in [0, 0.05) is 29.0 Å². The average Bonchev–Trinajstić information content (AvgIpc) is 3.30. The quantitative estimate of drug-likeness (QED) is 0.560. The Morgan fingerprint density at radius 1 is 1.07 bits per heavy atom. The van der Waals surface area contributed by atoms with Crippen molar-refractivity contribution < 1.29 is 14.3 Å². The maximum atomic E-state index is 12.7. The number of hydrogen-bond acceptors (Lipinski definition) is 5. The first kappa shape index (κ1) is 17.1. The zero-order valence-electron chi connectivity index (χ0n) is 14.8. The maximum absolute atomic E-state index is 12.7. The number of nitrogens with zero attached hydrogens (tertiary/aromatic N) is 2. The molecule has 136 valence electrons. The van der Waals surface area contributed by atoms with Crippen molar-refractivity contribution in [3.8, 4) is 22.8 Å². The van der Waals surface area contributed by atoms with Gasteiger partial charge in [0.2, 0.25) is 0 Å². The summed E-state index contributed by atoms with van der Waals surface area (Å²) in [6.07, 6.45) is 3.96. The molecule has 4 aromatic rings. The first-order valence-corrected chi connectivity index (χ1v) is 9.12. The molecule has 4 rings (SSSR count).